The second-order valence-corrected chi connectivity index (χ2v) is 7.54. The van der Waals surface area contributed by atoms with Gasteiger partial charge in [0.05, 0.1) is 13.2 Å². The molecular formula is C18H30ClN3O4. The number of rotatable bonds is 5. The number of carbonyl (C=O) groups is 3. The molecule has 0 aromatic rings. The maximum Gasteiger partial charge on any atom is 0.328 e. The number of amides is 2. The van der Waals surface area contributed by atoms with Crippen LogP contribution in [0.5, 0.6) is 0 Å². The number of ether oxygens (including phenoxy) is 1. The summed E-state index contributed by atoms with van der Waals surface area (Å²) in [6.07, 6.45) is 6.56. The molecule has 26 heavy (non-hydrogen) atoms. The molecule has 0 aromatic heterocycles. The Morgan fingerprint density at radius 3 is 2.73 bits per heavy atom. The summed E-state index contributed by atoms with van der Waals surface area (Å²) in [6, 6.07) is -1.01. The van der Waals surface area contributed by atoms with Crippen LogP contribution in [0.2, 0.25) is 0 Å². The van der Waals surface area contributed by atoms with Gasteiger partial charge in [-0.05, 0) is 50.5 Å². The van der Waals surface area contributed by atoms with E-state index in [4.69, 9.17) is 4.74 Å². The fourth-order valence-electron chi connectivity index (χ4n) is 4.61. The largest absolute Gasteiger partial charge is 0.467 e. The molecule has 3 fully saturated rings. The van der Waals surface area contributed by atoms with Crippen molar-refractivity contribution in [2.24, 2.45) is 17.8 Å². The zero-order valence-electron chi connectivity index (χ0n) is 15.3. The lowest BCUT2D eigenvalue weighted by Crippen LogP contribution is -2.52. The quantitative estimate of drug-likeness (QED) is 0.605. The first-order valence-corrected chi connectivity index (χ1v) is 9.49. The normalized spacial score (nSPS) is 31.8. The van der Waals surface area contributed by atoms with Crippen molar-refractivity contribution in [3.05, 3.63) is 0 Å². The van der Waals surface area contributed by atoms with Gasteiger partial charge in [0.1, 0.15) is 6.04 Å². The second-order valence-electron chi connectivity index (χ2n) is 7.54. The van der Waals surface area contributed by atoms with Crippen LogP contribution < -0.4 is 16.0 Å². The van der Waals surface area contributed by atoms with Gasteiger partial charge >= 0.3 is 5.97 Å². The van der Waals surface area contributed by atoms with Crippen molar-refractivity contribution >= 4 is 30.2 Å². The molecule has 0 unspecified atom stereocenters. The summed E-state index contributed by atoms with van der Waals surface area (Å²) in [7, 11) is 1.31. The van der Waals surface area contributed by atoms with Gasteiger partial charge in [-0.3, -0.25) is 9.59 Å². The van der Waals surface area contributed by atoms with Crippen molar-refractivity contribution in [2.75, 3.05) is 20.2 Å². The van der Waals surface area contributed by atoms with E-state index in [0.29, 0.717) is 24.8 Å². The number of halogens is 1. The number of nitrogens with one attached hydrogen (secondary N) is 3. The molecule has 2 heterocycles. The van der Waals surface area contributed by atoms with Crippen LogP contribution in [0.4, 0.5) is 0 Å². The van der Waals surface area contributed by atoms with Gasteiger partial charge in [0.25, 0.3) is 0 Å². The van der Waals surface area contributed by atoms with Crippen LogP contribution in [-0.2, 0) is 19.1 Å². The van der Waals surface area contributed by atoms with E-state index < -0.39 is 12.0 Å². The molecule has 148 valence electrons. The highest BCUT2D eigenvalue weighted by Crippen LogP contribution is 2.36. The third-order valence-electron chi connectivity index (χ3n) is 6.00. The van der Waals surface area contributed by atoms with Crippen molar-refractivity contribution in [3.63, 3.8) is 0 Å². The van der Waals surface area contributed by atoms with Crippen LogP contribution in [0.1, 0.15) is 44.9 Å². The third kappa shape index (κ3) is 4.68. The topological polar surface area (TPSA) is 96.5 Å². The predicted molar refractivity (Wildman–Crippen MR) is 98.8 cm³/mol. The molecular weight excluding hydrogens is 358 g/mol. The highest BCUT2D eigenvalue weighted by molar-refractivity contribution is 5.88. The van der Waals surface area contributed by atoms with Crippen molar-refractivity contribution in [2.45, 2.75) is 57.0 Å². The summed E-state index contributed by atoms with van der Waals surface area (Å²) in [5.74, 6) is -0.000915. The van der Waals surface area contributed by atoms with E-state index in [-0.39, 0.29) is 36.2 Å². The molecule has 3 rings (SSSR count). The molecule has 1 saturated carbocycles. The number of fused-ring (bicyclic) bond motifs is 1. The molecule has 5 atom stereocenters. The third-order valence-corrected chi connectivity index (χ3v) is 6.00. The molecule has 8 heteroatoms. The van der Waals surface area contributed by atoms with E-state index in [1.54, 1.807) is 0 Å². The molecule has 0 bridgehead atoms. The average molecular weight is 388 g/mol. The lowest BCUT2D eigenvalue weighted by molar-refractivity contribution is -0.146. The minimum Gasteiger partial charge on any atom is -0.467 e. The zero-order valence-corrected chi connectivity index (χ0v) is 16.1. The SMILES string of the molecule is COC(=O)[C@H](C[C@@H]1CCCNC1=O)NC(=O)[C@H]1NC[C@@H]2CCCC[C@@H]21.Cl. The Kier molecular flexibility index (Phi) is 7.70. The van der Waals surface area contributed by atoms with E-state index in [0.717, 1.165) is 32.2 Å². The highest BCUT2D eigenvalue weighted by Gasteiger charge is 2.42. The Bertz CT molecular complexity index is 531. The van der Waals surface area contributed by atoms with Gasteiger partial charge in [0.2, 0.25) is 11.8 Å². The Morgan fingerprint density at radius 1 is 1.23 bits per heavy atom. The van der Waals surface area contributed by atoms with E-state index in [1.165, 1.54) is 20.0 Å². The highest BCUT2D eigenvalue weighted by atomic mass is 35.5. The van der Waals surface area contributed by atoms with E-state index in [1.807, 2.05) is 0 Å². The Morgan fingerprint density at radius 2 is 2.00 bits per heavy atom. The van der Waals surface area contributed by atoms with Gasteiger partial charge in [0, 0.05) is 12.5 Å². The van der Waals surface area contributed by atoms with Crippen molar-refractivity contribution in [3.8, 4) is 0 Å². The molecule has 0 aromatic carbocycles. The summed E-state index contributed by atoms with van der Waals surface area (Å²) in [5, 5.41) is 9.01. The first-order chi connectivity index (χ1) is 12.1. The lowest BCUT2D eigenvalue weighted by Gasteiger charge is -2.29. The average Bonchev–Trinajstić information content (AvgIpc) is 3.06. The van der Waals surface area contributed by atoms with Crippen LogP contribution in [0.25, 0.3) is 0 Å². The minimum absolute atomic E-state index is 0. The molecule has 3 aliphatic rings. The number of hydrogen-bond acceptors (Lipinski definition) is 5. The Hall–Kier alpha value is -1.34. The molecule has 3 N–H and O–H groups in total. The fraction of sp³-hybridized carbons (Fsp3) is 0.833. The van der Waals surface area contributed by atoms with Crippen molar-refractivity contribution < 1.29 is 19.1 Å². The van der Waals surface area contributed by atoms with Crippen molar-refractivity contribution in [1.29, 1.82) is 0 Å². The van der Waals surface area contributed by atoms with E-state index in [2.05, 4.69) is 16.0 Å². The molecule has 2 saturated heterocycles. The summed E-state index contributed by atoms with van der Waals surface area (Å²) in [6.45, 7) is 1.55. The number of esters is 1. The maximum absolute atomic E-state index is 12.8. The molecule has 2 aliphatic heterocycles. The van der Waals surface area contributed by atoms with Gasteiger partial charge in [-0.1, -0.05) is 12.8 Å². The van der Waals surface area contributed by atoms with Crippen LogP contribution in [0.3, 0.4) is 0 Å². The maximum atomic E-state index is 12.8. The van der Waals surface area contributed by atoms with Crippen LogP contribution in [0.15, 0.2) is 0 Å². The van der Waals surface area contributed by atoms with Gasteiger partial charge < -0.3 is 20.7 Å². The van der Waals surface area contributed by atoms with E-state index >= 15 is 0 Å². The van der Waals surface area contributed by atoms with Crippen molar-refractivity contribution in [1.82, 2.24) is 16.0 Å². The van der Waals surface area contributed by atoms with Crippen LogP contribution in [0, 0.1) is 17.8 Å². The Labute approximate surface area is 160 Å². The van der Waals surface area contributed by atoms with Crippen LogP contribution >= 0.6 is 12.4 Å². The number of hydrogen-bond donors (Lipinski definition) is 3. The zero-order chi connectivity index (χ0) is 17.8. The van der Waals surface area contributed by atoms with Gasteiger partial charge in [-0.15, -0.1) is 12.4 Å². The number of methoxy groups -OCH3 is 1. The molecule has 1 aliphatic carbocycles. The molecule has 0 spiro atoms. The molecule has 2 amide bonds. The summed E-state index contributed by atoms with van der Waals surface area (Å²) in [4.78, 5) is 36.9. The fourth-order valence-corrected chi connectivity index (χ4v) is 4.61. The smallest absolute Gasteiger partial charge is 0.328 e. The molecule has 0 radical (unpaired) electrons. The van der Waals surface area contributed by atoms with Crippen LogP contribution in [-0.4, -0.2) is 50.1 Å². The molecule has 7 nitrogen and oxygen atoms in total. The number of carbonyl (C=O) groups excluding carboxylic acids is 3. The standard InChI is InChI=1S/C18H29N3O4.ClH/c1-25-18(24)14(9-11-6-4-8-19-16(11)22)21-17(23)15-13-7-3-2-5-12(13)10-20-15;/h11-15,20H,2-10H2,1H3,(H,19,22)(H,21,23);1H/t11-,12-,13-,14-,15-;/m0./s1. The first kappa shape index (κ1) is 21.0. The Balaban J connectivity index is 0.00000243. The van der Waals surface area contributed by atoms with E-state index in [9.17, 15) is 14.4 Å². The van der Waals surface area contributed by atoms with Gasteiger partial charge in [-0.2, -0.15) is 0 Å². The van der Waals surface area contributed by atoms with Gasteiger partial charge in [0.15, 0.2) is 0 Å². The summed E-state index contributed by atoms with van der Waals surface area (Å²) < 4.78 is 4.85. The second kappa shape index (κ2) is 9.55. The summed E-state index contributed by atoms with van der Waals surface area (Å²) >= 11 is 0. The first-order valence-electron chi connectivity index (χ1n) is 9.49. The minimum atomic E-state index is -0.768. The lowest BCUT2D eigenvalue weighted by atomic mass is 9.78. The van der Waals surface area contributed by atoms with Gasteiger partial charge in [-0.25, -0.2) is 4.79 Å². The summed E-state index contributed by atoms with van der Waals surface area (Å²) in [5.41, 5.74) is 0. The monoisotopic (exact) mass is 387 g/mol. The number of piperidine rings is 1. The predicted octanol–water partition coefficient (Wildman–Crippen LogP) is 0.761.